The zero-order valence-electron chi connectivity index (χ0n) is 9.78. The summed E-state index contributed by atoms with van der Waals surface area (Å²) in [6.07, 6.45) is 1.48. The van der Waals surface area contributed by atoms with Gasteiger partial charge in [-0.1, -0.05) is 18.2 Å². The first-order valence-electron chi connectivity index (χ1n) is 5.72. The molecule has 0 spiro atoms. The number of benzene rings is 2. The molecular formula is C15H9F2NO. The number of hydrogen-bond donors (Lipinski definition) is 1. The molecule has 0 unspecified atom stereocenters. The lowest BCUT2D eigenvalue weighted by Crippen LogP contribution is -2.03. The minimum absolute atomic E-state index is 0.272. The Labute approximate surface area is 108 Å². The highest BCUT2D eigenvalue weighted by atomic mass is 19.1. The zero-order valence-corrected chi connectivity index (χ0v) is 9.78. The summed E-state index contributed by atoms with van der Waals surface area (Å²) in [6, 6.07) is 10.3. The van der Waals surface area contributed by atoms with Gasteiger partial charge in [0.25, 0.3) is 5.91 Å². The third-order valence-corrected chi connectivity index (χ3v) is 2.91. The van der Waals surface area contributed by atoms with Gasteiger partial charge in [-0.3, -0.25) is 4.79 Å². The van der Waals surface area contributed by atoms with Crippen LogP contribution < -0.4 is 5.32 Å². The van der Waals surface area contributed by atoms with Gasteiger partial charge in [0.2, 0.25) is 0 Å². The summed E-state index contributed by atoms with van der Waals surface area (Å²) in [5.41, 5.74) is 2.16. The molecule has 0 bridgehead atoms. The van der Waals surface area contributed by atoms with Crippen molar-refractivity contribution in [3.63, 3.8) is 0 Å². The quantitative estimate of drug-likeness (QED) is 0.779. The van der Waals surface area contributed by atoms with E-state index < -0.39 is 11.6 Å². The molecule has 0 aromatic heterocycles. The average molecular weight is 257 g/mol. The molecule has 2 nitrogen and oxygen atoms in total. The molecule has 2 aromatic rings. The monoisotopic (exact) mass is 257 g/mol. The summed E-state index contributed by atoms with van der Waals surface area (Å²) < 4.78 is 26.3. The van der Waals surface area contributed by atoms with Gasteiger partial charge in [-0.05, 0) is 29.8 Å². The van der Waals surface area contributed by atoms with Gasteiger partial charge in [-0.25, -0.2) is 8.78 Å². The predicted molar refractivity (Wildman–Crippen MR) is 69.3 cm³/mol. The Balaban J connectivity index is 2.11. The van der Waals surface area contributed by atoms with Crippen LogP contribution in [0.15, 0.2) is 42.5 Å². The van der Waals surface area contributed by atoms with E-state index >= 15 is 0 Å². The molecule has 19 heavy (non-hydrogen) atoms. The smallest absolute Gasteiger partial charge is 0.256 e. The number of carbonyl (C=O) groups excluding carboxylic acids is 1. The number of para-hydroxylation sites is 1. The van der Waals surface area contributed by atoms with Crippen molar-refractivity contribution in [2.45, 2.75) is 0 Å². The van der Waals surface area contributed by atoms with Crippen LogP contribution in [0.5, 0.6) is 0 Å². The number of hydrogen-bond acceptors (Lipinski definition) is 1. The van der Waals surface area contributed by atoms with Crippen LogP contribution >= 0.6 is 0 Å². The van der Waals surface area contributed by atoms with E-state index in [4.69, 9.17) is 0 Å². The van der Waals surface area contributed by atoms with Crippen LogP contribution in [0.25, 0.3) is 11.6 Å². The van der Waals surface area contributed by atoms with Crippen LogP contribution in [0.4, 0.5) is 14.5 Å². The molecule has 1 N–H and O–H groups in total. The maximum absolute atomic E-state index is 13.1. The van der Waals surface area contributed by atoms with E-state index in [0.29, 0.717) is 16.8 Å². The van der Waals surface area contributed by atoms with E-state index in [9.17, 15) is 13.6 Å². The molecule has 0 saturated carbocycles. The number of amides is 1. The largest absolute Gasteiger partial charge is 0.321 e. The molecule has 0 radical (unpaired) electrons. The van der Waals surface area contributed by atoms with Gasteiger partial charge in [0.05, 0.1) is 0 Å². The summed E-state index contributed by atoms with van der Waals surface area (Å²) in [6.45, 7) is 0. The van der Waals surface area contributed by atoms with Gasteiger partial charge in [-0.2, -0.15) is 0 Å². The first-order valence-corrected chi connectivity index (χ1v) is 5.72. The highest BCUT2D eigenvalue weighted by Crippen LogP contribution is 2.32. The summed E-state index contributed by atoms with van der Waals surface area (Å²) in [7, 11) is 0. The van der Waals surface area contributed by atoms with Crippen molar-refractivity contribution in [3.8, 4) is 0 Å². The van der Waals surface area contributed by atoms with E-state index in [1.165, 1.54) is 18.2 Å². The lowest BCUT2D eigenvalue weighted by molar-refractivity contribution is -0.110. The Kier molecular flexibility index (Phi) is 2.63. The van der Waals surface area contributed by atoms with Crippen molar-refractivity contribution in [2.24, 2.45) is 0 Å². The van der Waals surface area contributed by atoms with Crippen LogP contribution in [0.3, 0.4) is 0 Å². The predicted octanol–water partition coefficient (Wildman–Crippen LogP) is 3.46. The van der Waals surface area contributed by atoms with Crippen LogP contribution in [0.1, 0.15) is 11.1 Å². The summed E-state index contributed by atoms with van der Waals surface area (Å²) in [4.78, 5) is 11.8. The Hall–Kier alpha value is -2.49. The first kappa shape index (κ1) is 11.6. The maximum Gasteiger partial charge on any atom is 0.256 e. The fourth-order valence-electron chi connectivity index (χ4n) is 2.11. The highest BCUT2D eigenvalue weighted by molar-refractivity contribution is 6.34. The van der Waals surface area contributed by atoms with Crippen LogP contribution in [-0.2, 0) is 4.79 Å². The summed E-state index contributed by atoms with van der Waals surface area (Å²) in [5, 5.41) is 2.70. The lowest BCUT2D eigenvalue weighted by Gasteiger charge is -1.99. The van der Waals surface area contributed by atoms with Crippen molar-refractivity contribution < 1.29 is 13.6 Å². The van der Waals surface area contributed by atoms with E-state index in [1.807, 2.05) is 6.07 Å². The molecule has 2 aromatic carbocycles. The number of rotatable bonds is 1. The third-order valence-electron chi connectivity index (χ3n) is 2.91. The molecule has 3 rings (SSSR count). The molecule has 0 aliphatic carbocycles. The molecule has 1 heterocycles. The van der Waals surface area contributed by atoms with Gasteiger partial charge in [0.15, 0.2) is 0 Å². The number of carbonyl (C=O) groups is 1. The van der Waals surface area contributed by atoms with E-state index in [1.54, 1.807) is 18.2 Å². The van der Waals surface area contributed by atoms with Gasteiger partial charge >= 0.3 is 0 Å². The zero-order chi connectivity index (χ0) is 13.4. The summed E-state index contributed by atoms with van der Waals surface area (Å²) >= 11 is 0. The molecule has 4 heteroatoms. The Morgan fingerprint density at radius 3 is 2.42 bits per heavy atom. The first-order chi connectivity index (χ1) is 9.13. The molecular weight excluding hydrogens is 248 g/mol. The second-order valence-electron chi connectivity index (χ2n) is 4.26. The van der Waals surface area contributed by atoms with Crippen molar-refractivity contribution in [1.29, 1.82) is 0 Å². The Bertz CT molecular complexity index is 687. The number of halogens is 2. The maximum atomic E-state index is 13.1. The highest BCUT2D eigenvalue weighted by Gasteiger charge is 2.23. The molecule has 0 fully saturated rings. The fraction of sp³-hybridized carbons (Fsp3) is 0. The van der Waals surface area contributed by atoms with Gasteiger partial charge in [0.1, 0.15) is 11.6 Å². The topological polar surface area (TPSA) is 29.1 Å². The second-order valence-corrected chi connectivity index (χ2v) is 4.26. The lowest BCUT2D eigenvalue weighted by atomic mass is 10.0. The standard InChI is InChI=1S/C15H9F2NO/c16-10-5-9(6-11(17)8-10)7-13-12-3-1-2-4-14(12)18-15(13)19/h1-8H,(H,18,19). The third kappa shape index (κ3) is 2.12. The molecule has 1 aliphatic rings. The van der Waals surface area contributed by atoms with Gasteiger partial charge in [-0.15, -0.1) is 0 Å². The van der Waals surface area contributed by atoms with Crippen molar-refractivity contribution in [2.75, 3.05) is 5.32 Å². The van der Waals surface area contributed by atoms with Crippen molar-refractivity contribution >= 4 is 23.2 Å². The average Bonchev–Trinajstić information content (AvgIpc) is 2.65. The molecule has 0 atom stereocenters. The van der Waals surface area contributed by atoms with Crippen LogP contribution in [0.2, 0.25) is 0 Å². The van der Waals surface area contributed by atoms with E-state index in [2.05, 4.69) is 5.32 Å². The number of fused-ring (bicyclic) bond motifs is 1. The van der Waals surface area contributed by atoms with Crippen LogP contribution in [0, 0.1) is 11.6 Å². The SMILES string of the molecule is O=C1Nc2ccccc2C1=Cc1cc(F)cc(F)c1. The minimum Gasteiger partial charge on any atom is -0.321 e. The minimum atomic E-state index is -0.668. The molecule has 94 valence electrons. The number of anilines is 1. The number of nitrogens with one attached hydrogen (secondary N) is 1. The molecule has 1 amide bonds. The van der Waals surface area contributed by atoms with E-state index in [-0.39, 0.29) is 5.91 Å². The normalized spacial score (nSPS) is 15.5. The Morgan fingerprint density at radius 1 is 1.00 bits per heavy atom. The molecule has 0 saturated heterocycles. The van der Waals surface area contributed by atoms with Gasteiger partial charge in [0, 0.05) is 22.9 Å². The fourth-order valence-corrected chi connectivity index (χ4v) is 2.11. The van der Waals surface area contributed by atoms with Crippen LogP contribution in [-0.4, -0.2) is 5.91 Å². The van der Waals surface area contributed by atoms with Crippen molar-refractivity contribution in [1.82, 2.24) is 0 Å². The summed E-state index contributed by atoms with van der Waals surface area (Å²) in [5.74, 6) is -1.61. The Morgan fingerprint density at radius 2 is 1.68 bits per heavy atom. The molecule has 1 aliphatic heterocycles. The van der Waals surface area contributed by atoms with E-state index in [0.717, 1.165) is 11.6 Å². The second kappa shape index (κ2) is 4.31. The van der Waals surface area contributed by atoms with Crippen molar-refractivity contribution in [3.05, 3.63) is 65.2 Å². The van der Waals surface area contributed by atoms with Gasteiger partial charge < -0.3 is 5.32 Å².